The number of unbranched alkanes of at least 4 members (excludes halogenated alkanes) is 3. The second-order valence-electron chi connectivity index (χ2n) is 14.2. The topological polar surface area (TPSA) is 175 Å². The summed E-state index contributed by atoms with van der Waals surface area (Å²) in [6.07, 6.45) is 8.14. The number of nitrogens with one attached hydrogen (secondary N) is 3. The number of hydrogen-bond acceptors (Lipinski definition) is 8. The van der Waals surface area contributed by atoms with E-state index in [1.807, 2.05) is 37.3 Å². The van der Waals surface area contributed by atoms with Crippen molar-refractivity contribution in [2.75, 3.05) is 26.7 Å². The second kappa shape index (κ2) is 18.7. The number of esters is 1. The zero-order chi connectivity index (χ0) is 37.9. The van der Waals surface area contributed by atoms with E-state index in [1.165, 1.54) is 41.7 Å². The van der Waals surface area contributed by atoms with Crippen LogP contribution in [0.1, 0.15) is 78.2 Å². The van der Waals surface area contributed by atoms with E-state index < -0.39 is 84.3 Å². The molecule has 0 radical (unpaired) electrons. The van der Waals surface area contributed by atoms with Crippen LogP contribution in [-0.4, -0.2) is 119 Å². The van der Waals surface area contributed by atoms with Gasteiger partial charge in [0.1, 0.15) is 42.9 Å². The Morgan fingerprint density at radius 3 is 2.42 bits per heavy atom. The monoisotopic (exact) mass is 722 g/mol. The number of carbonyl (C=O) groups is 7. The summed E-state index contributed by atoms with van der Waals surface area (Å²) >= 11 is 0. The first kappa shape index (κ1) is 40.0. The summed E-state index contributed by atoms with van der Waals surface area (Å²) in [6.45, 7) is 6.95. The van der Waals surface area contributed by atoms with Gasteiger partial charge < -0.3 is 35.4 Å². The minimum Gasteiger partial charge on any atom is -0.461 e. The molecule has 0 spiro atoms. The molecule has 14 nitrogen and oxygen atoms in total. The molecule has 3 fully saturated rings. The largest absolute Gasteiger partial charge is 0.461 e. The van der Waals surface area contributed by atoms with Gasteiger partial charge in [0.25, 0.3) is 0 Å². The summed E-state index contributed by atoms with van der Waals surface area (Å²) in [6, 6.07) is 2.76. The summed E-state index contributed by atoms with van der Waals surface area (Å²) in [4.78, 5) is 99.3. The molecule has 52 heavy (non-hydrogen) atoms. The standard InChI is InChI=1S/C38H54N6O8/c1-6-7-8-9-13-18-32(45)40-28(21-27-15-11-10-12-16-27)34(47)41-29-23-52-38(51)31-20-24(2)22-44(31)35(48)25(3)39-33(46)26(4)42(5)37(50)30-17-14-19-43(30)36(29)49/h10-13,15-16,18,24-26,28-31H,6-9,14,17,19-23H2,1-5H3,(H,39,46)(H,40,45)(H,41,47)/b18-13+/t24-,25+,26+,28+,29+,30+,31+/m1/s1. The molecule has 3 saturated heterocycles. The van der Waals surface area contributed by atoms with Crippen molar-refractivity contribution in [3.05, 3.63) is 48.0 Å². The highest BCUT2D eigenvalue weighted by molar-refractivity contribution is 5.98. The molecule has 0 unspecified atom stereocenters. The van der Waals surface area contributed by atoms with Crippen LogP contribution in [0.15, 0.2) is 42.5 Å². The third-order valence-electron chi connectivity index (χ3n) is 10.1. The molecule has 284 valence electrons. The van der Waals surface area contributed by atoms with Gasteiger partial charge in [0.15, 0.2) is 0 Å². The third kappa shape index (κ3) is 10.2. The number of likely N-dealkylation sites (N-methyl/N-ethyl adjacent to an activating group) is 1. The number of fused-ring (bicyclic) bond motifs is 2. The fraction of sp³-hybridized carbons (Fsp3) is 0.605. The number of benzene rings is 1. The maximum atomic E-state index is 14.3. The van der Waals surface area contributed by atoms with Crippen molar-refractivity contribution in [2.24, 2.45) is 5.92 Å². The Morgan fingerprint density at radius 2 is 1.71 bits per heavy atom. The summed E-state index contributed by atoms with van der Waals surface area (Å²) in [7, 11) is 1.47. The first-order valence-corrected chi connectivity index (χ1v) is 18.5. The molecule has 0 aromatic heterocycles. The number of cyclic esters (lactones) is 1. The molecule has 0 bridgehead atoms. The summed E-state index contributed by atoms with van der Waals surface area (Å²) < 4.78 is 5.70. The highest BCUT2D eigenvalue weighted by Gasteiger charge is 2.44. The zero-order valence-electron chi connectivity index (χ0n) is 31.0. The van der Waals surface area contributed by atoms with E-state index in [9.17, 15) is 33.6 Å². The van der Waals surface area contributed by atoms with E-state index in [0.717, 1.165) is 31.2 Å². The van der Waals surface area contributed by atoms with E-state index in [4.69, 9.17) is 4.74 Å². The molecule has 3 aliphatic heterocycles. The van der Waals surface area contributed by atoms with E-state index in [2.05, 4.69) is 22.9 Å². The number of amides is 6. The van der Waals surface area contributed by atoms with Crippen molar-refractivity contribution in [2.45, 2.75) is 115 Å². The van der Waals surface area contributed by atoms with Gasteiger partial charge in [-0.3, -0.25) is 28.8 Å². The van der Waals surface area contributed by atoms with Gasteiger partial charge >= 0.3 is 5.97 Å². The quantitative estimate of drug-likeness (QED) is 0.185. The van der Waals surface area contributed by atoms with Gasteiger partial charge in [0, 0.05) is 26.6 Å². The molecule has 7 atom stereocenters. The van der Waals surface area contributed by atoms with Gasteiger partial charge in [-0.1, -0.05) is 63.1 Å². The Bertz CT molecular complexity index is 1500. The van der Waals surface area contributed by atoms with Crippen molar-refractivity contribution >= 4 is 41.4 Å². The Labute approximate surface area is 306 Å². The average Bonchev–Trinajstić information content (AvgIpc) is 3.78. The molecule has 14 heteroatoms. The molecule has 4 rings (SSSR count). The van der Waals surface area contributed by atoms with Crippen LogP contribution in [0.5, 0.6) is 0 Å². The lowest BCUT2D eigenvalue weighted by molar-refractivity contribution is -0.158. The van der Waals surface area contributed by atoms with E-state index >= 15 is 0 Å². The minimum atomic E-state index is -1.41. The van der Waals surface area contributed by atoms with E-state index in [1.54, 1.807) is 6.08 Å². The first-order chi connectivity index (χ1) is 24.8. The SMILES string of the molecule is CCCCC/C=C/C(=O)N[C@@H](Cc1ccccc1)C(=O)N[C@H]1COC(=O)[C@@H]2C[C@@H](C)CN2C(=O)[C@H](C)NC(=O)[C@H](C)N(C)C(=O)[C@@H]2CCCN2C1=O. The Morgan fingerprint density at radius 1 is 0.981 bits per heavy atom. The third-order valence-corrected chi connectivity index (χ3v) is 10.1. The number of rotatable bonds is 10. The lowest BCUT2D eigenvalue weighted by atomic mass is 10.0. The second-order valence-corrected chi connectivity index (χ2v) is 14.2. The van der Waals surface area contributed by atoms with E-state index in [0.29, 0.717) is 19.3 Å². The van der Waals surface area contributed by atoms with Crippen molar-refractivity contribution in [1.82, 2.24) is 30.7 Å². The number of carbonyl (C=O) groups excluding carboxylic acids is 7. The fourth-order valence-corrected chi connectivity index (χ4v) is 6.94. The van der Waals surface area contributed by atoms with Crippen molar-refractivity contribution < 1.29 is 38.3 Å². The van der Waals surface area contributed by atoms with Crippen molar-refractivity contribution in [3.8, 4) is 0 Å². The normalized spacial score (nSPS) is 26.9. The van der Waals surface area contributed by atoms with Gasteiger partial charge in [-0.05, 0) is 63.5 Å². The van der Waals surface area contributed by atoms with Gasteiger partial charge in [-0.25, -0.2) is 4.79 Å². The van der Waals surface area contributed by atoms with Crippen molar-refractivity contribution in [1.29, 1.82) is 0 Å². The van der Waals surface area contributed by atoms with Gasteiger partial charge in [-0.15, -0.1) is 0 Å². The lowest BCUT2D eigenvalue weighted by Crippen LogP contribution is -2.60. The molecule has 0 saturated carbocycles. The number of ether oxygens (including phenoxy) is 1. The maximum Gasteiger partial charge on any atom is 0.328 e. The van der Waals surface area contributed by atoms with Crippen molar-refractivity contribution in [3.63, 3.8) is 0 Å². The van der Waals surface area contributed by atoms with Crippen LogP contribution in [0, 0.1) is 5.92 Å². The van der Waals surface area contributed by atoms with Crippen LogP contribution in [0.3, 0.4) is 0 Å². The molecule has 3 heterocycles. The number of allylic oxidation sites excluding steroid dienone is 1. The van der Waals surface area contributed by atoms with E-state index in [-0.39, 0.29) is 25.4 Å². The maximum absolute atomic E-state index is 14.3. The molecular formula is C38H54N6O8. The van der Waals surface area contributed by atoms with Crippen LogP contribution in [0.4, 0.5) is 0 Å². The number of hydrogen-bond donors (Lipinski definition) is 3. The smallest absolute Gasteiger partial charge is 0.328 e. The Balaban J connectivity index is 1.64. The predicted molar refractivity (Wildman–Crippen MR) is 192 cm³/mol. The predicted octanol–water partition coefficient (Wildman–Crippen LogP) is 1.47. The van der Waals surface area contributed by atoms with Crippen LogP contribution in [-0.2, 0) is 44.7 Å². The molecule has 1 aromatic carbocycles. The zero-order valence-corrected chi connectivity index (χ0v) is 31.0. The lowest BCUT2D eigenvalue weighted by Gasteiger charge is -2.34. The highest BCUT2D eigenvalue weighted by atomic mass is 16.5. The molecular weight excluding hydrogens is 668 g/mol. The van der Waals surface area contributed by atoms with Gasteiger partial charge in [0.05, 0.1) is 0 Å². The fourth-order valence-electron chi connectivity index (χ4n) is 6.94. The number of nitrogens with zero attached hydrogens (tertiary/aromatic N) is 3. The summed E-state index contributed by atoms with van der Waals surface area (Å²) in [5.41, 5.74) is 0.770. The highest BCUT2D eigenvalue weighted by Crippen LogP contribution is 2.26. The summed E-state index contributed by atoms with van der Waals surface area (Å²) in [5, 5.41) is 8.16. The molecule has 0 aliphatic carbocycles. The Kier molecular flexibility index (Phi) is 14.4. The average molecular weight is 723 g/mol. The van der Waals surface area contributed by atoms with Crippen LogP contribution in [0.25, 0.3) is 0 Å². The molecule has 1 aromatic rings. The van der Waals surface area contributed by atoms with Crippen LogP contribution in [0.2, 0.25) is 0 Å². The molecule has 6 amide bonds. The van der Waals surface area contributed by atoms with Gasteiger partial charge in [-0.2, -0.15) is 0 Å². The first-order valence-electron chi connectivity index (χ1n) is 18.5. The Hall–Kier alpha value is -4.75. The molecule has 3 aliphatic rings. The van der Waals surface area contributed by atoms with Gasteiger partial charge in [0.2, 0.25) is 35.4 Å². The van der Waals surface area contributed by atoms with Crippen LogP contribution >= 0.6 is 0 Å². The van der Waals surface area contributed by atoms with Crippen LogP contribution < -0.4 is 16.0 Å². The minimum absolute atomic E-state index is 0.0419. The molecule has 3 N–H and O–H groups in total. The summed E-state index contributed by atoms with van der Waals surface area (Å²) in [5.74, 6) is -4.09.